The van der Waals surface area contributed by atoms with Crippen molar-refractivity contribution in [2.24, 2.45) is 11.8 Å². The predicted molar refractivity (Wildman–Crippen MR) is 147 cm³/mol. The molecule has 3 saturated heterocycles. The lowest BCUT2D eigenvalue weighted by Crippen LogP contribution is -2.59. The molecule has 3 aliphatic heterocycles. The molecule has 0 radical (unpaired) electrons. The van der Waals surface area contributed by atoms with Gasteiger partial charge in [-0.1, -0.05) is 59.3 Å². The molecule has 0 aromatic heterocycles. The molecule has 2 aromatic rings. The fourth-order valence-corrected chi connectivity index (χ4v) is 7.55. The highest BCUT2D eigenvalue weighted by Gasteiger charge is 2.77. The number of benzene rings is 2. The second-order valence-corrected chi connectivity index (χ2v) is 11.4. The Morgan fingerprint density at radius 1 is 1.29 bits per heavy atom. The van der Waals surface area contributed by atoms with Gasteiger partial charge >= 0.3 is 5.97 Å². The van der Waals surface area contributed by atoms with E-state index in [1.54, 1.807) is 17.9 Å². The average Bonchev–Trinajstić information content (AvgIpc) is 3.51. The number of halogens is 1. The van der Waals surface area contributed by atoms with Gasteiger partial charge in [0.25, 0.3) is 5.91 Å². The van der Waals surface area contributed by atoms with Crippen LogP contribution >= 0.6 is 15.9 Å². The zero-order chi connectivity index (χ0) is 27.2. The summed E-state index contributed by atoms with van der Waals surface area (Å²) in [5, 5.41) is 12.3. The first-order valence-electron chi connectivity index (χ1n) is 13.2. The van der Waals surface area contributed by atoms with Crippen LogP contribution in [0.15, 0.2) is 55.1 Å². The number of hydrogen-bond donors (Lipinski definition) is 1. The maximum absolute atomic E-state index is 14.6. The highest BCUT2D eigenvalue weighted by molar-refractivity contribution is 9.09. The van der Waals surface area contributed by atoms with Crippen LogP contribution in [0.3, 0.4) is 0 Å². The zero-order valence-corrected chi connectivity index (χ0v) is 23.2. The molecule has 2 aromatic carbocycles. The number of amides is 2. The Balaban J connectivity index is 1.62. The highest BCUT2D eigenvalue weighted by atomic mass is 79.9. The molecule has 8 nitrogen and oxygen atoms in total. The van der Waals surface area contributed by atoms with Crippen molar-refractivity contribution < 1.29 is 29.0 Å². The third-order valence-corrected chi connectivity index (χ3v) is 9.06. The van der Waals surface area contributed by atoms with E-state index in [9.17, 15) is 19.5 Å². The molecule has 3 aliphatic rings. The Morgan fingerprint density at radius 2 is 2.03 bits per heavy atom. The number of ether oxygens (including phenoxy) is 2. The summed E-state index contributed by atoms with van der Waals surface area (Å²) >= 11 is 3.66. The van der Waals surface area contributed by atoms with E-state index in [0.717, 1.165) is 10.8 Å². The first-order chi connectivity index (χ1) is 18.3. The van der Waals surface area contributed by atoms with Crippen molar-refractivity contribution in [3.05, 3.63) is 55.1 Å². The molecule has 2 amide bonds. The Labute approximate surface area is 230 Å². The SMILES string of the molecule is C=CCN(C(=O)[C@@H]1N([C@@H](CC)CO)C(=O)[C@H]2[C@H](C(=O)OCC)[C@H]3O[C@@]12CC3Br)c1ccc2ccccc2c1. The van der Waals surface area contributed by atoms with Crippen LogP contribution in [0.2, 0.25) is 0 Å². The molecule has 7 atom stereocenters. The first-order valence-corrected chi connectivity index (χ1v) is 14.1. The molecule has 5 rings (SSSR count). The number of esters is 1. The van der Waals surface area contributed by atoms with Gasteiger partial charge in [-0.3, -0.25) is 14.4 Å². The van der Waals surface area contributed by atoms with E-state index in [2.05, 4.69) is 22.5 Å². The minimum Gasteiger partial charge on any atom is -0.466 e. The fourth-order valence-electron chi connectivity index (χ4n) is 6.61. The van der Waals surface area contributed by atoms with Crippen LogP contribution in [0.4, 0.5) is 5.69 Å². The van der Waals surface area contributed by atoms with Crippen LogP contribution in [-0.2, 0) is 23.9 Å². The molecule has 202 valence electrons. The Kier molecular flexibility index (Phi) is 7.37. The Morgan fingerprint density at radius 3 is 2.68 bits per heavy atom. The van der Waals surface area contributed by atoms with E-state index in [-0.39, 0.29) is 36.4 Å². The maximum atomic E-state index is 14.6. The lowest BCUT2D eigenvalue weighted by atomic mass is 9.70. The van der Waals surface area contributed by atoms with Crippen LogP contribution in [0, 0.1) is 11.8 Å². The summed E-state index contributed by atoms with van der Waals surface area (Å²) < 4.78 is 11.9. The second kappa shape index (κ2) is 10.4. The summed E-state index contributed by atoms with van der Waals surface area (Å²) in [7, 11) is 0. The van der Waals surface area contributed by atoms with Crippen molar-refractivity contribution in [1.29, 1.82) is 0 Å². The summed E-state index contributed by atoms with van der Waals surface area (Å²) in [5.74, 6) is -2.86. The smallest absolute Gasteiger partial charge is 0.312 e. The molecule has 3 fully saturated rings. The van der Waals surface area contributed by atoms with Gasteiger partial charge in [-0.2, -0.15) is 0 Å². The molecule has 38 heavy (non-hydrogen) atoms. The first kappa shape index (κ1) is 26.8. The van der Waals surface area contributed by atoms with Gasteiger partial charge < -0.3 is 24.4 Å². The van der Waals surface area contributed by atoms with Crippen LogP contribution < -0.4 is 4.90 Å². The number of carbonyl (C=O) groups is 3. The fraction of sp³-hybridized carbons (Fsp3) is 0.483. The minimum absolute atomic E-state index is 0.179. The normalized spacial score (nSPS) is 30.4. The molecule has 3 heterocycles. The van der Waals surface area contributed by atoms with Gasteiger partial charge in [-0.15, -0.1) is 6.58 Å². The van der Waals surface area contributed by atoms with E-state index in [4.69, 9.17) is 9.47 Å². The lowest BCUT2D eigenvalue weighted by molar-refractivity contribution is -0.155. The third kappa shape index (κ3) is 3.98. The van der Waals surface area contributed by atoms with Gasteiger partial charge in [-0.25, -0.2) is 0 Å². The summed E-state index contributed by atoms with van der Waals surface area (Å²) in [6.45, 7) is 7.53. The topological polar surface area (TPSA) is 96.4 Å². The zero-order valence-electron chi connectivity index (χ0n) is 21.6. The quantitative estimate of drug-likeness (QED) is 0.275. The average molecular weight is 585 g/mol. The van der Waals surface area contributed by atoms with Crippen LogP contribution in [0.25, 0.3) is 10.8 Å². The van der Waals surface area contributed by atoms with E-state index >= 15 is 0 Å². The number of anilines is 1. The van der Waals surface area contributed by atoms with Crippen molar-refractivity contribution in [3.8, 4) is 0 Å². The van der Waals surface area contributed by atoms with Gasteiger partial charge in [0.05, 0.1) is 37.2 Å². The largest absolute Gasteiger partial charge is 0.466 e. The number of aliphatic hydroxyl groups excluding tert-OH is 1. The molecule has 9 heteroatoms. The molecule has 2 bridgehead atoms. The second-order valence-electron chi connectivity index (χ2n) is 10.2. The summed E-state index contributed by atoms with van der Waals surface area (Å²) in [4.78, 5) is 44.6. The van der Waals surface area contributed by atoms with E-state index in [1.807, 2.05) is 49.4 Å². The summed E-state index contributed by atoms with van der Waals surface area (Å²) in [6, 6.07) is 12.0. The van der Waals surface area contributed by atoms with Crippen molar-refractivity contribution in [2.75, 3.05) is 24.7 Å². The Bertz CT molecular complexity index is 1260. The molecule has 1 spiro atoms. The summed E-state index contributed by atoms with van der Waals surface area (Å²) in [5.41, 5.74) is -0.550. The molecule has 1 N–H and O–H groups in total. The van der Waals surface area contributed by atoms with Gasteiger partial charge in [0.1, 0.15) is 11.6 Å². The van der Waals surface area contributed by atoms with Gasteiger partial charge in [0, 0.05) is 17.1 Å². The van der Waals surface area contributed by atoms with Gasteiger partial charge in [0.15, 0.2) is 0 Å². The monoisotopic (exact) mass is 584 g/mol. The third-order valence-electron chi connectivity index (χ3n) is 8.22. The number of hydrogen-bond acceptors (Lipinski definition) is 6. The number of nitrogens with zero attached hydrogens (tertiary/aromatic N) is 2. The molecular weight excluding hydrogens is 552 g/mol. The minimum atomic E-state index is -1.22. The van der Waals surface area contributed by atoms with Crippen molar-refractivity contribution in [3.63, 3.8) is 0 Å². The van der Waals surface area contributed by atoms with Crippen LogP contribution in [0.1, 0.15) is 26.7 Å². The van der Waals surface area contributed by atoms with E-state index in [0.29, 0.717) is 18.5 Å². The number of aliphatic hydroxyl groups is 1. The van der Waals surface area contributed by atoms with Gasteiger partial charge in [-0.05, 0) is 42.7 Å². The molecule has 0 aliphatic carbocycles. The predicted octanol–water partition coefficient (Wildman–Crippen LogP) is 3.44. The highest BCUT2D eigenvalue weighted by Crippen LogP contribution is 2.60. The lowest BCUT2D eigenvalue weighted by Gasteiger charge is -2.39. The van der Waals surface area contributed by atoms with Crippen molar-refractivity contribution >= 4 is 50.2 Å². The van der Waals surface area contributed by atoms with E-state index in [1.165, 1.54) is 4.90 Å². The van der Waals surface area contributed by atoms with E-state index < -0.39 is 41.6 Å². The number of likely N-dealkylation sites (tertiary alicyclic amines) is 1. The van der Waals surface area contributed by atoms with Crippen molar-refractivity contribution in [1.82, 2.24) is 4.90 Å². The number of rotatable bonds is 9. The molecular formula is C29H33BrN2O6. The maximum Gasteiger partial charge on any atom is 0.312 e. The number of carbonyl (C=O) groups excluding carboxylic acids is 3. The Hall–Kier alpha value is -2.75. The number of alkyl halides is 1. The molecule has 0 saturated carbocycles. The van der Waals surface area contributed by atoms with Gasteiger partial charge in [0.2, 0.25) is 5.91 Å². The standard InChI is InChI=1S/C29H33BrN2O6/c1-4-13-31(20-12-11-17-9-7-8-10-18(17)14-20)27(35)25-29-15-21(30)24(38-29)22(28(36)37-6-3)23(29)26(34)32(25)19(5-2)16-33/h4,7-12,14,19,21-25,33H,1,5-6,13,15-16H2,2-3H3/t19-,21?,22-,23+,24-,25-,29+/m0/s1. The van der Waals surface area contributed by atoms with Crippen LogP contribution in [-0.4, -0.2) is 76.2 Å². The summed E-state index contributed by atoms with van der Waals surface area (Å²) in [6.07, 6.45) is 1.90. The molecule has 1 unspecified atom stereocenters. The van der Waals surface area contributed by atoms with Crippen molar-refractivity contribution in [2.45, 2.75) is 55.3 Å². The van der Waals surface area contributed by atoms with Crippen LogP contribution in [0.5, 0.6) is 0 Å². The number of fused-ring (bicyclic) bond motifs is 2.